The second-order valence-corrected chi connectivity index (χ2v) is 6.20. The van der Waals surface area contributed by atoms with Crippen LogP contribution in [0.15, 0.2) is 42.6 Å². The Labute approximate surface area is 151 Å². The molecule has 3 rings (SSSR count). The molecular weight excluding hydrogens is 330 g/mol. The van der Waals surface area contributed by atoms with E-state index in [9.17, 15) is 9.59 Å². The number of aromatic nitrogens is 3. The van der Waals surface area contributed by atoms with Gasteiger partial charge in [-0.3, -0.25) is 14.0 Å². The third-order valence-corrected chi connectivity index (χ3v) is 3.95. The van der Waals surface area contributed by atoms with Gasteiger partial charge in [0, 0.05) is 24.7 Å². The van der Waals surface area contributed by atoms with E-state index in [2.05, 4.69) is 20.8 Å². The first kappa shape index (κ1) is 17.6. The first-order chi connectivity index (χ1) is 12.5. The van der Waals surface area contributed by atoms with E-state index in [1.807, 2.05) is 48.7 Å². The van der Waals surface area contributed by atoms with E-state index in [0.29, 0.717) is 18.5 Å². The van der Waals surface area contributed by atoms with E-state index in [-0.39, 0.29) is 18.4 Å². The fourth-order valence-corrected chi connectivity index (χ4v) is 2.81. The maximum absolute atomic E-state index is 12.1. The quantitative estimate of drug-likeness (QED) is 0.703. The maximum Gasteiger partial charge on any atom is 0.251 e. The summed E-state index contributed by atoms with van der Waals surface area (Å²) >= 11 is 0. The number of carbonyl (C=O) groups is 2. The number of benzene rings is 1. The van der Waals surface area contributed by atoms with Crippen LogP contribution in [0.1, 0.15) is 27.3 Å². The predicted octanol–water partition coefficient (Wildman–Crippen LogP) is 1.43. The Bertz CT molecular complexity index is 928. The van der Waals surface area contributed by atoms with Gasteiger partial charge in [0.15, 0.2) is 5.65 Å². The van der Waals surface area contributed by atoms with Crippen LogP contribution in [0.2, 0.25) is 0 Å². The molecule has 2 amide bonds. The topological polar surface area (TPSA) is 88.4 Å². The summed E-state index contributed by atoms with van der Waals surface area (Å²) in [4.78, 5) is 24.1. The van der Waals surface area contributed by atoms with Gasteiger partial charge in [0.05, 0.1) is 6.54 Å². The molecule has 7 heteroatoms. The standard InChI is InChI=1S/C19H21N5O2/c1-13-9-14(2)11-15(10-13)19(26)21-12-18(25)20-7-6-17-23-22-16-5-3-4-8-24(16)17/h3-5,8-11H,6-7,12H2,1-2H3,(H,20,25)(H,21,26). The molecule has 3 aromatic rings. The average Bonchev–Trinajstić information content (AvgIpc) is 3.02. The van der Waals surface area contributed by atoms with Gasteiger partial charge in [0.25, 0.3) is 5.91 Å². The summed E-state index contributed by atoms with van der Waals surface area (Å²) in [6.45, 7) is 4.23. The third-order valence-electron chi connectivity index (χ3n) is 3.95. The number of nitrogens with zero attached hydrogens (tertiary/aromatic N) is 3. The largest absolute Gasteiger partial charge is 0.354 e. The number of amides is 2. The zero-order valence-corrected chi connectivity index (χ0v) is 14.8. The van der Waals surface area contributed by atoms with Gasteiger partial charge < -0.3 is 10.6 Å². The highest BCUT2D eigenvalue weighted by Gasteiger charge is 2.10. The molecule has 0 spiro atoms. The summed E-state index contributed by atoms with van der Waals surface area (Å²) in [5.74, 6) is 0.284. The molecule has 0 aliphatic rings. The predicted molar refractivity (Wildman–Crippen MR) is 97.9 cm³/mol. The molecule has 0 radical (unpaired) electrons. The van der Waals surface area contributed by atoms with Crippen LogP contribution in [0, 0.1) is 13.8 Å². The number of aryl methyl sites for hydroxylation is 2. The van der Waals surface area contributed by atoms with Gasteiger partial charge in [-0.2, -0.15) is 0 Å². The molecule has 0 bridgehead atoms. The van der Waals surface area contributed by atoms with Gasteiger partial charge in [-0.05, 0) is 38.1 Å². The summed E-state index contributed by atoms with van der Waals surface area (Å²) < 4.78 is 1.88. The summed E-state index contributed by atoms with van der Waals surface area (Å²) in [6.07, 6.45) is 2.44. The van der Waals surface area contributed by atoms with Crippen LogP contribution >= 0.6 is 0 Å². The lowest BCUT2D eigenvalue weighted by atomic mass is 10.1. The fraction of sp³-hybridized carbons (Fsp3) is 0.263. The molecule has 0 saturated carbocycles. The number of nitrogens with one attached hydrogen (secondary N) is 2. The van der Waals surface area contributed by atoms with E-state index in [1.54, 1.807) is 12.1 Å². The molecule has 1 aromatic carbocycles. The number of carbonyl (C=O) groups excluding carboxylic acids is 2. The average molecular weight is 351 g/mol. The normalized spacial score (nSPS) is 10.7. The number of pyridine rings is 1. The molecule has 7 nitrogen and oxygen atoms in total. The molecule has 0 atom stereocenters. The first-order valence-electron chi connectivity index (χ1n) is 8.45. The lowest BCUT2D eigenvalue weighted by molar-refractivity contribution is -0.120. The molecule has 2 aromatic heterocycles. The number of rotatable bonds is 6. The number of hydrogen-bond acceptors (Lipinski definition) is 4. The maximum atomic E-state index is 12.1. The smallest absolute Gasteiger partial charge is 0.251 e. The monoisotopic (exact) mass is 351 g/mol. The molecule has 2 N–H and O–H groups in total. The molecule has 0 unspecified atom stereocenters. The van der Waals surface area contributed by atoms with Crippen LogP contribution < -0.4 is 10.6 Å². The van der Waals surface area contributed by atoms with Crippen LogP contribution in [0.4, 0.5) is 0 Å². The molecule has 26 heavy (non-hydrogen) atoms. The van der Waals surface area contributed by atoms with Gasteiger partial charge in [0.1, 0.15) is 5.82 Å². The highest BCUT2D eigenvalue weighted by atomic mass is 16.2. The highest BCUT2D eigenvalue weighted by molar-refractivity contribution is 5.96. The minimum Gasteiger partial charge on any atom is -0.354 e. The Morgan fingerprint density at radius 1 is 1.04 bits per heavy atom. The van der Waals surface area contributed by atoms with Crippen LogP contribution in [0.25, 0.3) is 5.65 Å². The Balaban J connectivity index is 1.46. The Morgan fingerprint density at radius 3 is 2.58 bits per heavy atom. The molecule has 2 heterocycles. The van der Waals surface area contributed by atoms with Gasteiger partial charge >= 0.3 is 0 Å². The summed E-state index contributed by atoms with van der Waals surface area (Å²) in [7, 11) is 0. The zero-order chi connectivity index (χ0) is 18.5. The van der Waals surface area contributed by atoms with E-state index in [0.717, 1.165) is 22.6 Å². The Kier molecular flexibility index (Phi) is 5.26. The number of hydrogen-bond donors (Lipinski definition) is 2. The molecule has 0 aliphatic heterocycles. The molecule has 0 saturated heterocycles. The Morgan fingerprint density at radius 2 is 1.81 bits per heavy atom. The van der Waals surface area contributed by atoms with Crippen molar-refractivity contribution in [2.24, 2.45) is 0 Å². The summed E-state index contributed by atoms with van der Waals surface area (Å²) in [5, 5.41) is 13.6. The van der Waals surface area contributed by atoms with Crippen molar-refractivity contribution in [3.63, 3.8) is 0 Å². The highest BCUT2D eigenvalue weighted by Crippen LogP contribution is 2.08. The van der Waals surface area contributed by atoms with Crippen molar-refractivity contribution in [1.29, 1.82) is 0 Å². The van der Waals surface area contributed by atoms with Crippen molar-refractivity contribution >= 4 is 17.5 Å². The lowest BCUT2D eigenvalue weighted by Gasteiger charge is -2.08. The minimum atomic E-state index is -0.254. The van der Waals surface area contributed by atoms with E-state index in [1.165, 1.54) is 0 Å². The van der Waals surface area contributed by atoms with Crippen LogP contribution in [-0.2, 0) is 11.2 Å². The van der Waals surface area contributed by atoms with Crippen LogP contribution in [0.3, 0.4) is 0 Å². The van der Waals surface area contributed by atoms with Crippen molar-refractivity contribution in [2.45, 2.75) is 20.3 Å². The Hall–Kier alpha value is -3.22. The SMILES string of the molecule is Cc1cc(C)cc(C(=O)NCC(=O)NCCc2nnc3ccccn23)c1. The number of fused-ring (bicyclic) bond motifs is 1. The second-order valence-electron chi connectivity index (χ2n) is 6.20. The first-order valence-corrected chi connectivity index (χ1v) is 8.45. The van der Waals surface area contributed by atoms with Gasteiger partial charge in [0.2, 0.25) is 5.91 Å². The van der Waals surface area contributed by atoms with Crippen LogP contribution in [-0.4, -0.2) is 39.5 Å². The zero-order valence-electron chi connectivity index (χ0n) is 14.8. The fourth-order valence-electron chi connectivity index (χ4n) is 2.81. The van der Waals surface area contributed by atoms with Crippen molar-refractivity contribution in [3.05, 3.63) is 65.1 Å². The van der Waals surface area contributed by atoms with Crippen molar-refractivity contribution < 1.29 is 9.59 Å². The summed E-state index contributed by atoms with van der Waals surface area (Å²) in [5.41, 5.74) is 3.36. The van der Waals surface area contributed by atoms with Crippen molar-refractivity contribution in [3.8, 4) is 0 Å². The molecule has 0 fully saturated rings. The van der Waals surface area contributed by atoms with Crippen molar-refractivity contribution in [1.82, 2.24) is 25.2 Å². The van der Waals surface area contributed by atoms with Gasteiger partial charge in [-0.15, -0.1) is 10.2 Å². The summed E-state index contributed by atoms with van der Waals surface area (Å²) in [6, 6.07) is 11.3. The van der Waals surface area contributed by atoms with Crippen molar-refractivity contribution in [2.75, 3.05) is 13.1 Å². The van der Waals surface area contributed by atoms with Gasteiger partial charge in [-0.1, -0.05) is 23.3 Å². The van der Waals surface area contributed by atoms with E-state index >= 15 is 0 Å². The van der Waals surface area contributed by atoms with Gasteiger partial charge in [-0.25, -0.2) is 0 Å². The lowest BCUT2D eigenvalue weighted by Crippen LogP contribution is -2.37. The van der Waals surface area contributed by atoms with E-state index in [4.69, 9.17) is 0 Å². The molecule has 134 valence electrons. The molecular formula is C19H21N5O2. The second kappa shape index (κ2) is 7.77. The third kappa shape index (κ3) is 4.24. The molecule has 0 aliphatic carbocycles. The van der Waals surface area contributed by atoms with E-state index < -0.39 is 0 Å². The van der Waals surface area contributed by atoms with Crippen LogP contribution in [0.5, 0.6) is 0 Å². The minimum absolute atomic E-state index is 0.0631.